The predicted molar refractivity (Wildman–Crippen MR) is 117 cm³/mol. The van der Waals surface area contributed by atoms with Gasteiger partial charge in [-0.1, -0.05) is 29.5 Å². The largest absolute Gasteiger partial charge is 0.497 e. The molecule has 29 heavy (non-hydrogen) atoms. The number of nitrogens with one attached hydrogen (secondary N) is 1. The Bertz CT molecular complexity index is 1220. The molecule has 2 heterocycles. The third-order valence-corrected chi connectivity index (χ3v) is 5.62. The Morgan fingerprint density at radius 3 is 2.76 bits per heavy atom. The van der Waals surface area contributed by atoms with E-state index >= 15 is 0 Å². The summed E-state index contributed by atoms with van der Waals surface area (Å²) in [5.41, 5.74) is 1.79. The van der Waals surface area contributed by atoms with Crippen LogP contribution in [0.2, 0.25) is 0 Å². The number of benzene rings is 2. The molecule has 1 amide bonds. The van der Waals surface area contributed by atoms with Gasteiger partial charge in [-0.2, -0.15) is 0 Å². The molecule has 4 aromatic rings. The third kappa shape index (κ3) is 4.05. The number of anilines is 1. The maximum Gasteiger partial charge on any atom is 0.250 e. The lowest BCUT2D eigenvalue weighted by molar-refractivity contribution is -0.111. The van der Waals surface area contributed by atoms with Crippen molar-refractivity contribution in [3.05, 3.63) is 66.1 Å². The number of aromatic nitrogens is 3. The first-order chi connectivity index (χ1) is 14.0. The monoisotopic (exact) mass is 404 g/mol. The first-order valence-corrected chi connectivity index (χ1v) is 9.87. The highest BCUT2D eigenvalue weighted by Gasteiger charge is 2.14. The van der Waals surface area contributed by atoms with Crippen LogP contribution in [-0.2, 0) is 11.8 Å². The van der Waals surface area contributed by atoms with Crippen molar-refractivity contribution in [1.82, 2.24) is 14.5 Å². The van der Waals surface area contributed by atoms with Gasteiger partial charge in [-0.05, 0) is 47.5 Å². The lowest BCUT2D eigenvalue weighted by Gasteiger charge is -2.03. The number of amides is 1. The number of imidazole rings is 1. The molecule has 0 aliphatic heterocycles. The van der Waals surface area contributed by atoms with Crippen LogP contribution in [0.3, 0.4) is 0 Å². The molecule has 6 nitrogen and oxygen atoms in total. The van der Waals surface area contributed by atoms with Gasteiger partial charge in [-0.3, -0.25) is 10.1 Å². The maximum absolute atomic E-state index is 12.3. The average molecular weight is 404 g/mol. The predicted octanol–water partition coefficient (Wildman–Crippen LogP) is 4.67. The van der Waals surface area contributed by atoms with E-state index in [-0.39, 0.29) is 5.91 Å². The number of aryl methyl sites for hydroxylation is 2. The van der Waals surface area contributed by atoms with E-state index in [1.165, 1.54) is 17.4 Å². The maximum atomic E-state index is 12.3. The summed E-state index contributed by atoms with van der Waals surface area (Å²) in [5.74, 6) is 1.44. The molecule has 0 bridgehead atoms. The molecule has 0 fully saturated rings. The van der Waals surface area contributed by atoms with Gasteiger partial charge in [0, 0.05) is 25.5 Å². The Morgan fingerprint density at radius 1 is 1.21 bits per heavy atom. The minimum absolute atomic E-state index is 0.222. The molecule has 2 aromatic carbocycles. The highest BCUT2D eigenvalue weighted by atomic mass is 32.1. The van der Waals surface area contributed by atoms with Gasteiger partial charge in [0.05, 0.1) is 17.7 Å². The van der Waals surface area contributed by atoms with Crippen molar-refractivity contribution in [3.63, 3.8) is 0 Å². The summed E-state index contributed by atoms with van der Waals surface area (Å²) in [6.45, 7) is 1.91. The van der Waals surface area contributed by atoms with Crippen LogP contribution in [0, 0.1) is 6.92 Å². The van der Waals surface area contributed by atoms with Crippen molar-refractivity contribution in [2.45, 2.75) is 6.92 Å². The third-order valence-electron chi connectivity index (χ3n) is 4.55. The van der Waals surface area contributed by atoms with Gasteiger partial charge in [0.2, 0.25) is 5.91 Å². The summed E-state index contributed by atoms with van der Waals surface area (Å²) in [6, 6.07) is 11.9. The van der Waals surface area contributed by atoms with E-state index in [0.717, 1.165) is 38.5 Å². The van der Waals surface area contributed by atoms with Gasteiger partial charge >= 0.3 is 0 Å². The zero-order valence-electron chi connectivity index (χ0n) is 16.3. The molecule has 0 saturated carbocycles. The van der Waals surface area contributed by atoms with E-state index < -0.39 is 0 Å². The Balaban J connectivity index is 1.48. The first-order valence-electron chi connectivity index (χ1n) is 9.05. The Labute approximate surface area is 172 Å². The second kappa shape index (κ2) is 7.89. The Morgan fingerprint density at radius 2 is 2.00 bits per heavy atom. The molecule has 0 aliphatic carbocycles. The summed E-state index contributed by atoms with van der Waals surface area (Å²) < 4.78 is 7.18. The number of hydrogen-bond acceptors (Lipinski definition) is 5. The molecule has 146 valence electrons. The lowest BCUT2D eigenvalue weighted by Crippen LogP contribution is -2.07. The van der Waals surface area contributed by atoms with E-state index in [2.05, 4.69) is 15.3 Å². The number of rotatable bonds is 5. The summed E-state index contributed by atoms with van der Waals surface area (Å²) in [7, 11) is 3.59. The minimum atomic E-state index is -0.222. The van der Waals surface area contributed by atoms with E-state index in [1.54, 1.807) is 19.4 Å². The number of hydrogen-bond donors (Lipinski definition) is 1. The number of fused-ring (bicyclic) bond motifs is 1. The quantitative estimate of drug-likeness (QED) is 0.491. The molecule has 7 heteroatoms. The first kappa shape index (κ1) is 18.9. The SMILES string of the molecule is COc1ccc2cc(/C=C/C(=O)Nc3nc(C)c(-c4nccn4C)s3)ccc2c1. The van der Waals surface area contributed by atoms with E-state index in [1.807, 2.05) is 61.1 Å². The summed E-state index contributed by atoms with van der Waals surface area (Å²) in [5, 5.41) is 5.57. The molecular formula is C22H20N4O2S. The van der Waals surface area contributed by atoms with Crippen LogP contribution in [0.4, 0.5) is 5.13 Å². The number of carbonyl (C=O) groups excluding carboxylic acids is 1. The Kier molecular flexibility index (Phi) is 5.14. The van der Waals surface area contributed by atoms with Crippen molar-refractivity contribution < 1.29 is 9.53 Å². The number of carbonyl (C=O) groups is 1. The molecular weight excluding hydrogens is 384 g/mol. The highest BCUT2D eigenvalue weighted by Crippen LogP contribution is 2.31. The Hall–Kier alpha value is -3.45. The smallest absolute Gasteiger partial charge is 0.250 e. The molecule has 0 unspecified atom stereocenters. The van der Waals surface area contributed by atoms with Crippen molar-refractivity contribution in [1.29, 1.82) is 0 Å². The topological polar surface area (TPSA) is 69.0 Å². The standard InChI is InChI=1S/C22H20N4O2S/c1-14-20(21-23-10-11-26(21)2)29-22(24-14)25-19(27)9-5-15-4-6-17-13-18(28-3)8-7-16(17)12-15/h4-13H,1-3H3,(H,24,25,27)/b9-5+. The van der Waals surface area contributed by atoms with Gasteiger partial charge < -0.3 is 9.30 Å². The van der Waals surface area contributed by atoms with E-state index in [4.69, 9.17) is 4.74 Å². The molecule has 0 saturated heterocycles. The highest BCUT2D eigenvalue weighted by molar-refractivity contribution is 7.19. The van der Waals surface area contributed by atoms with Crippen LogP contribution < -0.4 is 10.1 Å². The number of ether oxygens (including phenoxy) is 1. The van der Waals surface area contributed by atoms with Crippen LogP contribution in [0.5, 0.6) is 5.75 Å². The average Bonchev–Trinajstić information content (AvgIpc) is 3.30. The number of nitrogens with zero attached hydrogens (tertiary/aromatic N) is 3. The normalized spacial score (nSPS) is 11.3. The van der Waals surface area contributed by atoms with Gasteiger partial charge in [0.25, 0.3) is 0 Å². The molecule has 4 rings (SSSR count). The van der Waals surface area contributed by atoms with Crippen molar-refractivity contribution in [2.24, 2.45) is 7.05 Å². The zero-order chi connectivity index (χ0) is 20.4. The second-order valence-electron chi connectivity index (χ2n) is 6.59. The summed E-state index contributed by atoms with van der Waals surface area (Å²) in [4.78, 5) is 22.1. The lowest BCUT2D eigenvalue weighted by atomic mass is 10.1. The van der Waals surface area contributed by atoms with Crippen LogP contribution in [0.1, 0.15) is 11.3 Å². The van der Waals surface area contributed by atoms with Crippen molar-refractivity contribution >= 4 is 39.2 Å². The van der Waals surface area contributed by atoms with Crippen molar-refractivity contribution in [2.75, 3.05) is 12.4 Å². The summed E-state index contributed by atoms with van der Waals surface area (Å²) in [6.07, 6.45) is 6.94. The molecule has 0 aliphatic rings. The van der Waals surface area contributed by atoms with Crippen molar-refractivity contribution in [3.8, 4) is 16.5 Å². The molecule has 1 N–H and O–H groups in total. The van der Waals surface area contributed by atoms with Gasteiger partial charge in [0.15, 0.2) is 11.0 Å². The fourth-order valence-corrected chi connectivity index (χ4v) is 4.04. The molecule has 0 radical (unpaired) electrons. The van der Waals surface area contributed by atoms with Gasteiger partial charge in [-0.25, -0.2) is 9.97 Å². The molecule has 0 atom stereocenters. The van der Waals surface area contributed by atoms with E-state index in [0.29, 0.717) is 5.13 Å². The number of methoxy groups -OCH3 is 1. The van der Waals surface area contributed by atoms with E-state index in [9.17, 15) is 4.79 Å². The van der Waals surface area contributed by atoms with Crippen LogP contribution >= 0.6 is 11.3 Å². The second-order valence-corrected chi connectivity index (χ2v) is 7.59. The number of thiazole rings is 1. The van der Waals surface area contributed by atoms with Crippen LogP contribution in [-0.4, -0.2) is 27.6 Å². The fraction of sp³-hybridized carbons (Fsp3) is 0.136. The fourth-order valence-electron chi connectivity index (χ4n) is 3.03. The van der Waals surface area contributed by atoms with Gasteiger partial charge in [-0.15, -0.1) is 0 Å². The summed E-state index contributed by atoms with van der Waals surface area (Å²) >= 11 is 1.41. The van der Waals surface area contributed by atoms with Crippen LogP contribution in [0.25, 0.3) is 27.6 Å². The van der Waals surface area contributed by atoms with Gasteiger partial charge in [0.1, 0.15) is 5.75 Å². The molecule has 2 aromatic heterocycles. The zero-order valence-corrected chi connectivity index (χ0v) is 17.2. The molecule has 0 spiro atoms. The minimum Gasteiger partial charge on any atom is -0.497 e. The van der Waals surface area contributed by atoms with Crippen LogP contribution in [0.15, 0.2) is 54.9 Å².